The summed E-state index contributed by atoms with van der Waals surface area (Å²) < 4.78 is 16.2. The molecule has 0 unspecified atom stereocenters. The van der Waals surface area contributed by atoms with E-state index in [4.69, 9.17) is 13.9 Å². The monoisotopic (exact) mass is 417 g/mol. The lowest BCUT2D eigenvalue weighted by molar-refractivity contribution is 0.102. The molecular weight excluding hydrogens is 398 g/mol. The van der Waals surface area contributed by atoms with Gasteiger partial charge < -0.3 is 19.2 Å². The zero-order chi connectivity index (χ0) is 22.0. The van der Waals surface area contributed by atoms with E-state index in [2.05, 4.69) is 15.3 Å². The Hall–Kier alpha value is -4.20. The summed E-state index contributed by atoms with van der Waals surface area (Å²) in [6, 6.07) is 15.9. The summed E-state index contributed by atoms with van der Waals surface area (Å²) >= 11 is 0. The van der Waals surface area contributed by atoms with E-state index in [1.54, 1.807) is 44.2 Å². The van der Waals surface area contributed by atoms with Crippen molar-refractivity contribution >= 4 is 22.6 Å². The highest BCUT2D eigenvalue weighted by Gasteiger charge is 2.19. The van der Waals surface area contributed by atoms with Crippen LogP contribution in [0.5, 0.6) is 17.5 Å². The Labute approximate surface area is 177 Å². The Bertz CT molecular complexity index is 1310. The minimum absolute atomic E-state index is 0.135. The third-order valence-corrected chi connectivity index (χ3v) is 4.63. The maximum atomic E-state index is 12.8. The summed E-state index contributed by atoms with van der Waals surface area (Å²) in [4.78, 5) is 33.9. The third kappa shape index (κ3) is 4.09. The van der Waals surface area contributed by atoms with Gasteiger partial charge in [0.1, 0.15) is 11.3 Å². The van der Waals surface area contributed by atoms with E-state index in [0.29, 0.717) is 34.0 Å². The molecule has 0 atom stereocenters. The lowest BCUT2D eigenvalue weighted by Crippen LogP contribution is -2.22. The van der Waals surface area contributed by atoms with Gasteiger partial charge in [-0.1, -0.05) is 30.3 Å². The van der Waals surface area contributed by atoms with E-state index in [-0.39, 0.29) is 17.2 Å². The molecule has 8 nitrogen and oxygen atoms in total. The van der Waals surface area contributed by atoms with Gasteiger partial charge in [-0.15, -0.1) is 0 Å². The fraction of sp³-hybridized carbons (Fsp3) is 0.130. The van der Waals surface area contributed by atoms with Gasteiger partial charge in [-0.05, 0) is 38.1 Å². The summed E-state index contributed by atoms with van der Waals surface area (Å²) in [7, 11) is 1.48. The van der Waals surface area contributed by atoms with Crippen molar-refractivity contribution in [3.05, 3.63) is 82.0 Å². The van der Waals surface area contributed by atoms with Crippen molar-refractivity contribution in [3.8, 4) is 17.5 Å². The smallest absolute Gasteiger partial charge is 0.349 e. The number of aryl methyl sites for hydroxylation is 2. The Kier molecular flexibility index (Phi) is 5.36. The van der Waals surface area contributed by atoms with Crippen molar-refractivity contribution in [1.29, 1.82) is 0 Å². The van der Waals surface area contributed by atoms with Crippen LogP contribution in [0.1, 0.15) is 21.7 Å². The number of aromatic nitrogens is 2. The Morgan fingerprint density at radius 1 is 1.00 bits per heavy atom. The first kappa shape index (κ1) is 20.1. The van der Waals surface area contributed by atoms with E-state index in [0.717, 1.165) is 0 Å². The quantitative estimate of drug-likeness (QED) is 0.484. The molecule has 0 aliphatic rings. The minimum Gasteiger partial charge on any atom is -0.493 e. The maximum Gasteiger partial charge on any atom is 0.349 e. The molecule has 0 radical (unpaired) electrons. The van der Waals surface area contributed by atoms with Crippen molar-refractivity contribution in [2.24, 2.45) is 0 Å². The Morgan fingerprint density at radius 2 is 1.71 bits per heavy atom. The number of para-hydroxylation sites is 2. The van der Waals surface area contributed by atoms with E-state index in [9.17, 15) is 9.59 Å². The maximum absolute atomic E-state index is 12.8. The number of carbonyl (C=O) groups excluding carboxylic acids is 1. The highest BCUT2D eigenvalue weighted by molar-refractivity contribution is 6.06. The number of carbonyl (C=O) groups is 1. The highest BCUT2D eigenvalue weighted by Crippen LogP contribution is 2.26. The molecule has 31 heavy (non-hydrogen) atoms. The summed E-state index contributed by atoms with van der Waals surface area (Å²) in [6.45, 7) is 3.44. The number of benzene rings is 2. The molecule has 2 heterocycles. The van der Waals surface area contributed by atoms with E-state index in [1.165, 1.54) is 13.2 Å². The van der Waals surface area contributed by atoms with Gasteiger partial charge in [0.15, 0.2) is 11.3 Å². The number of ether oxygens (including phenoxy) is 2. The number of anilines is 1. The second kappa shape index (κ2) is 8.27. The summed E-state index contributed by atoms with van der Waals surface area (Å²) in [5, 5.41) is 3.28. The molecule has 1 amide bonds. The molecule has 4 rings (SSSR count). The predicted octanol–water partition coefficient (Wildman–Crippen LogP) is 4.25. The first-order chi connectivity index (χ1) is 15.0. The normalized spacial score (nSPS) is 10.7. The van der Waals surface area contributed by atoms with Gasteiger partial charge in [-0.3, -0.25) is 4.79 Å². The Balaban J connectivity index is 1.63. The molecular formula is C23H19N3O5. The zero-order valence-electron chi connectivity index (χ0n) is 17.1. The molecule has 0 aliphatic carbocycles. The lowest BCUT2D eigenvalue weighted by atomic mass is 10.1. The van der Waals surface area contributed by atoms with Crippen LogP contribution >= 0.6 is 0 Å². The molecule has 0 spiro atoms. The van der Waals surface area contributed by atoms with Crippen LogP contribution in [-0.2, 0) is 0 Å². The summed E-state index contributed by atoms with van der Waals surface area (Å²) in [6.07, 6.45) is 0. The second-order valence-corrected chi connectivity index (χ2v) is 6.75. The summed E-state index contributed by atoms with van der Waals surface area (Å²) in [5.74, 6) is 0.392. The number of amides is 1. The average molecular weight is 417 g/mol. The van der Waals surface area contributed by atoms with E-state index < -0.39 is 11.5 Å². The standard InChI is InChI=1S/C23H19N3O5/c1-13-19(14(2)25-23(24-13)30-16-9-5-4-6-10-16)26-21(27)17-12-15-8-7-11-18(29-3)20(15)31-22(17)28/h4-12H,1-3H3,(H,26,27). The fourth-order valence-corrected chi connectivity index (χ4v) is 3.12. The predicted molar refractivity (Wildman–Crippen MR) is 115 cm³/mol. The molecule has 4 aromatic rings. The minimum atomic E-state index is -0.769. The summed E-state index contributed by atoms with van der Waals surface area (Å²) in [5.41, 5.74) is 0.774. The number of nitrogens with one attached hydrogen (secondary N) is 1. The van der Waals surface area contributed by atoms with E-state index >= 15 is 0 Å². The van der Waals surface area contributed by atoms with E-state index in [1.807, 2.05) is 18.2 Å². The molecule has 2 aromatic carbocycles. The van der Waals surface area contributed by atoms with Gasteiger partial charge in [0.2, 0.25) is 0 Å². The number of nitrogens with zero attached hydrogens (tertiary/aromatic N) is 2. The van der Waals surface area contributed by atoms with Crippen LogP contribution in [0, 0.1) is 13.8 Å². The first-order valence-corrected chi connectivity index (χ1v) is 9.46. The van der Waals surface area contributed by atoms with Crippen molar-refractivity contribution in [2.75, 3.05) is 12.4 Å². The largest absolute Gasteiger partial charge is 0.493 e. The van der Waals surface area contributed by atoms with Gasteiger partial charge >= 0.3 is 11.6 Å². The van der Waals surface area contributed by atoms with Crippen molar-refractivity contribution < 1.29 is 18.7 Å². The molecule has 0 bridgehead atoms. The number of hydrogen-bond donors (Lipinski definition) is 1. The van der Waals surface area contributed by atoms with Gasteiger partial charge in [0.05, 0.1) is 24.2 Å². The van der Waals surface area contributed by atoms with Crippen LogP contribution in [0.25, 0.3) is 11.0 Å². The van der Waals surface area contributed by atoms with Gasteiger partial charge in [-0.2, -0.15) is 9.97 Å². The lowest BCUT2D eigenvalue weighted by Gasteiger charge is -2.12. The SMILES string of the molecule is COc1cccc2cc(C(=O)Nc3c(C)nc(Oc4ccccc4)nc3C)c(=O)oc12. The molecule has 2 aromatic heterocycles. The highest BCUT2D eigenvalue weighted by atomic mass is 16.5. The number of hydrogen-bond acceptors (Lipinski definition) is 7. The molecule has 0 fully saturated rings. The van der Waals surface area contributed by atoms with Gasteiger partial charge in [0, 0.05) is 5.39 Å². The van der Waals surface area contributed by atoms with Crippen LogP contribution in [0.3, 0.4) is 0 Å². The molecule has 1 N–H and O–H groups in total. The van der Waals surface area contributed by atoms with Crippen LogP contribution < -0.4 is 20.4 Å². The third-order valence-electron chi connectivity index (χ3n) is 4.63. The molecule has 0 saturated carbocycles. The van der Waals surface area contributed by atoms with Crippen LogP contribution in [0.15, 0.2) is 63.8 Å². The van der Waals surface area contributed by atoms with Crippen LogP contribution in [-0.4, -0.2) is 23.0 Å². The molecule has 8 heteroatoms. The zero-order valence-corrected chi connectivity index (χ0v) is 17.1. The molecule has 0 aliphatic heterocycles. The van der Waals surface area contributed by atoms with Gasteiger partial charge in [0.25, 0.3) is 5.91 Å². The number of methoxy groups -OCH3 is 1. The van der Waals surface area contributed by atoms with Crippen LogP contribution in [0.4, 0.5) is 5.69 Å². The number of rotatable bonds is 5. The first-order valence-electron chi connectivity index (χ1n) is 9.46. The fourth-order valence-electron chi connectivity index (χ4n) is 3.12. The van der Waals surface area contributed by atoms with Crippen molar-refractivity contribution in [1.82, 2.24) is 9.97 Å². The average Bonchev–Trinajstić information content (AvgIpc) is 2.76. The van der Waals surface area contributed by atoms with Crippen molar-refractivity contribution in [2.45, 2.75) is 13.8 Å². The second-order valence-electron chi connectivity index (χ2n) is 6.75. The topological polar surface area (TPSA) is 104 Å². The number of fused-ring (bicyclic) bond motifs is 1. The Morgan fingerprint density at radius 3 is 2.39 bits per heavy atom. The molecule has 0 saturated heterocycles. The van der Waals surface area contributed by atoms with Crippen LogP contribution in [0.2, 0.25) is 0 Å². The van der Waals surface area contributed by atoms with Gasteiger partial charge in [-0.25, -0.2) is 4.79 Å². The molecule has 156 valence electrons. The van der Waals surface area contributed by atoms with Crippen molar-refractivity contribution in [3.63, 3.8) is 0 Å².